The van der Waals surface area contributed by atoms with Crippen LogP contribution in [0, 0.1) is 0 Å². The van der Waals surface area contributed by atoms with Crippen LogP contribution in [0.4, 0.5) is 23.7 Å². The van der Waals surface area contributed by atoms with Crippen molar-refractivity contribution in [3.05, 3.63) is 65.7 Å². The number of hydroxylamine groups is 1. The number of nitrogens with one attached hydrogen (secondary N) is 2. The number of urea groups is 1. The standard InChI is InChI=1S/C22H22F3N3O2S/c1-31-19-5-3-2-4-17(19)26-20(29)28-12-10-21(11-13-28)14-18(27-30-21)15-6-8-16(9-7-15)22(23,24)25/h2-9,14,27H,10-13H2,1H3,(H,26,29). The van der Waals surface area contributed by atoms with Gasteiger partial charge in [0, 0.05) is 30.8 Å². The molecule has 31 heavy (non-hydrogen) atoms. The van der Waals surface area contributed by atoms with Gasteiger partial charge in [0.15, 0.2) is 0 Å². The molecule has 0 atom stereocenters. The SMILES string of the molecule is CSc1ccccc1NC(=O)N1CCC2(C=C(c3ccc(C(F)(F)F)cc3)NO2)CC1. The van der Waals surface area contributed by atoms with Crippen LogP contribution in [0.2, 0.25) is 0 Å². The summed E-state index contributed by atoms with van der Waals surface area (Å²) < 4.78 is 38.3. The Hall–Kier alpha value is -2.65. The minimum atomic E-state index is -4.36. The van der Waals surface area contributed by atoms with Crippen LogP contribution < -0.4 is 10.8 Å². The number of halogens is 3. The van der Waals surface area contributed by atoms with Crippen molar-refractivity contribution in [3.63, 3.8) is 0 Å². The average molecular weight is 449 g/mol. The summed E-state index contributed by atoms with van der Waals surface area (Å²) in [6.45, 7) is 1.01. The Kier molecular flexibility index (Phi) is 5.90. The normalized spacial score (nSPS) is 17.9. The molecule has 0 bridgehead atoms. The van der Waals surface area contributed by atoms with Crippen LogP contribution in [0.3, 0.4) is 0 Å². The number of piperidine rings is 1. The molecule has 164 valence electrons. The van der Waals surface area contributed by atoms with Gasteiger partial charge in [0.25, 0.3) is 0 Å². The number of hydrogen-bond acceptors (Lipinski definition) is 4. The Balaban J connectivity index is 1.39. The van der Waals surface area contributed by atoms with Gasteiger partial charge in [0.05, 0.1) is 16.9 Å². The molecule has 5 nitrogen and oxygen atoms in total. The number of carbonyl (C=O) groups is 1. The lowest BCUT2D eigenvalue weighted by atomic mass is 9.90. The van der Waals surface area contributed by atoms with Gasteiger partial charge in [-0.2, -0.15) is 13.2 Å². The minimum Gasteiger partial charge on any atom is -0.324 e. The molecule has 2 aliphatic rings. The van der Waals surface area contributed by atoms with E-state index >= 15 is 0 Å². The van der Waals surface area contributed by atoms with Crippen molar-refractivity contribution in [3.8, 4) is 0 Å². The number of rotatable bonds is 3. The highest BCUT2D eigenvalue weighted by molar-refractivity contribution is 7.98. The van der Waals surface area contributed by atoms with E-state index in [9.17, 15) is 18.0 Å². The van der Waals surface area contributed by atoms with Crippen LogP contribution in [0.15, 0.2) is 59.5 Å². The minimum absolute atomic E-state index is 0.158. The third kappa shape index (κ3) is 4.67. The number of alkyl halides is 3. The highest BCUT2D eigenvalue weighted by Crippen LogP contribution is 2.36. The van der Waals surface area contributed by atoms with Crippen LogP contribution in [0.5, 0.6) is 0 Å². The van der Waals surface area contributed by atoms with E-state index in [-0.39, 0.29) is 6.03 Å². The summed E-state index contributed by atoms with van der Waals surface area (Å²) in [5.74, 6) is 0. The van der Waals surface area contributed by atoms with Crippen LogP contribution in [-0.2, 0) is 11.0 Å². The number of nitrogens with zero attached hydrogens (tertiary/aromatic N) is 1. The van der Waals surface area contributed by atoms with Gasteiger partial charge < -0.3 is 10.2 Å². The zero-order valence-electron chi connectivity index (χ0n) is 16.8. The third-order valence-electron chi connectivity index (χ3n) is 5.54. The molecular formula is C22H22F3N3O2S. The van der Waals surface area contributed by atoms with E-state index in [0.29, 0.717) is 37.2 Å². The molecular weight excluding hydrogens is 427 g/mol. The Morgan fingerprint density at radius 1 is 1.13 bits per heavy atom. The van der Waals surface area contributed by atoms with Crippen molar-refractivity contribution in [2.45, 2.75) is 29.5 Å². The van der Waals surface area contributed by atoms with Crippen molar-refractivity contribution in [1.82, 2.24) is 10.4 Å². The summed E-state index contributed by atoms with van der Waals surface area (Å²) in [7, 11) is 0. The molecule has 2 aliphatic heterocycles. The van der Waals surface area contributed by atoms with Crippen molar-refractivity contribution < 1.29 is 22.8 Å². The quantitative estimate of drug-likeness (QED) is 0.619. The molecule has 2 heterocycles. The molecule has 0 aromatic heterocycles. The average Bonchev–Trinajstić information content (AvgIpc) is 3.17. The van der Waals surface area contributed by atoms with Crippen molar-refractivity contribution >= 4 is 29.2 Å². The second-order valence-electron chi connectivity index (χ2n) is 7.52. The number of anilines is 1. The van der Waals surface area contributed by atoms with Crippen LogP contribution in [-0.4, -0.2) is 35.9 Å². The van der Waals surface area contributed by atoms with E-state index in [2.05, 4.69) is 10.8 Å². The maximum absolute atomic E-state index is 12.8. The second kappa shape index (κ2) is 8.47. The second-order valence-corrected chi connectivity index (χ2v) is 8.37. The topological polar surface area (TPSA) is 53.6 Å². The lowest BCUT2D eigenvalue weighted by molar-refractivity contribution is -0.137. The lowest BCUT2D eigenvalue weighted by Crippen LogP contribution is -2.48. The van der Waals surface area contributed by atoms with Gasteiger partial charge in [-0.25, -0.2) is 4.79 Å². The van der Waals surface area contributed by atoms with E-state index in [1.54, 1.807) is 16.7 Å². The monoisotopic (exact) mass is 449 g/mol. The molecule has 0 saturated carbocycles. The summed E-state index contributed by atoms with van der Waals surface area (Å²) >= 11 is 1.57. The number of amides is 2. The number of benzene rings is 2. The van der Waals surface area contributed by atoms with Crippen LogP contribution >= 0.6 is 11.8 Å². The smallest absolute Gasteiger partial charge is 0.324 e. The molecule has 9 heteroatoms. The van der Waals surface area contributed by atoms with E-state index < -0.39 is 17.3 Å². The first-order valence-corrected chi connectivity index (χ1v) is 11.1. The van der Waals surface area contributed by atoms with Crippen molar-refractivity contribution in [2.24, 2.45) is 0 Å². The molecule has 0 radical (unpaired) electrons. The third-order valence-corrected chi connectivity index (χ3v) is 6.34. The number of hydrogen-bond donors (Lipinski definition) is 2. The van der Waals surface area contributed by atoms with E-state index in [1.807, 2.05) is 36.6 Å². The molecule has 1 fully saturated rings. The van der Waals surface area contributed by atoms with Gasteiger partial charge >= 0.3 is 12.2 Å². The summed E-state index contributed by atoms with van der Waals surface area (Å²) in [6, 6.07) is 12.4. The molecule has 2 amide bonds. The summed E-state index contributed by atoms with van der Waals surface area (Å²) in [5, 5.41) is 2.96. The molecule has 1 saturated heterocycles. The molecule has 4 rings (SSSR count). The van der Waals surface area contributed by atoms with Gasteiger partial charge in [-0.15, -0.1) is 11.8 Å². The maximum atomic E-state index is 12.8. The molecule has 1 spiro atoms. The fourth-order valence-corrected chi connectivity index (χ4v) is 4.29. The van der Waals surface area contributed by atoms with Crippen molar-refractivity contribution in [2.75, 3.05) is 24.7 Å². The Morgan fingerprint density at radius 2 is 1.81 bits per heavy atom. The zero-order chi connectivity index (χ0) is 22.1. The van der Waals surface area contributed by atoms with Gasteiger partial charge in [0.1, 0.15) is 5.60 Å². The molecule has 0 aliphatic carbocycles. The number of thioether (sulfide) groups is 1. The fraction of sp³-hybridized carbons (Fsp3) is 0.318. The maximum Gasteiger partial charge on any atom is 0.416 e. The highest BCUT2D eigenvalue weighted by atomic mass is 32.2. The predicted molar refractivity (Wildman–Crippen MR) is 114 cm³/mol. The largest absolute Gasteiger partial charge is 0.416 e. The fourth-order valence-electron chi connectivity index (χ4n) is 3.74. The first-order valence-electron chi connectivity index (χ1n) is 9.83. The van der Waals surface area contributed by atoms with Crippen LogP contribution in [0.1, 0.15) is 24.0 Å². The number of likely N-dealkylation sites (tertiary alicyclic amines) is 1. The number of carbonyl (C=O) groups excluding carboxylic acids is 1. The molecule has 2 N–H and O–H groups in total. The first kappa shape index (κ1) is 21.6. The first-order chi connectivity index (χ1) is 14.8. The van der Waals surface area contributed by atoms with Gasteiger partial charge in [-0.3, -0.25) is 10.3 Å². The summed E-state index contributed by atoms with van der Waals surface area (Å²) in [6.07, 6.45) is 0.676. The highest BCUT2D eigenvalue weighted by Gasteiger charge is 2.40. The molecule has 0 unspecified atom stereocenters. The van der Waals surface area contributed by atoms with Crippen LogP contribution in [0.25, 0.3) is 5.70 Å². The van der Waals surface area contributed by atoms with Gasteiger partial charge in [-0.05, 0) is 42.2 Å². The van der Waals surface area contributed by atoms with Crippen molar-refractivity contribution in [1.29, 1.82) is 0 Å². The number of para-hydroxylation sites is 1. The molecule has 2 aromatic rings. The zero-order valence-corrected chi connectivity index (χ0v) is 17.6. The predicted octanol–water partition coefficient (Wildman–Crippen LogP) is 5.37. The van der Waals surface area contributed by atoms with Gasteiger partial charge in [0.2, 0.25) is 0 Å². The summed E-state index contributed by atoms with van der Waals surface area (Å²) in [5.41, 5.74) is 3.63. The van der Waals surface area contributed by atoms with E-state index in [0.717, 1.165) is 22.7 Å². The lowest BCUT2D eigenvalue weighted by Gasteiger charge is -2.36. The summed E-state index contributed by atoms with van der Waals surface area (Å²) in [4.78, 5) is 21.2. The Bertz CT molecular complexity index is 984. The Morgan fingerprint density at radius 3 is 2.45 bits per heavy atom. The van der Waals surface area contributed by atoms with Gasteiger partial charge in [-0.1, -0.05) is 24.3 Å². The van der Waals surface area contributed by atoms with E-state index in [1.165, 1.54) is 12.1 Å². The van der Waals surface area contributed by atoms with E-state index in [4.69, 9.17) is 4.84 Å². The molecule has 2 aromatic carbocycles. The Labute approximate surface area is 182 Å².